The lowest BCUT2D eigenvalue weighted by atomic mass is 9.66. The van der Waals surface area contributed by atoms with Gasteiger partial charge in [-0.25, -0.2) is 9.07 Å². The molecule has 1 aromatic carbocycles. The van der Waals surface area contributed by atoms with Crippen molar-refractivity contribution in [1.82, 2.24) is 9.78 Å². The molecule has 1 fully saturated rings. The Morgan fingerprint density at radius 3 is 2.83 bits per heavy atom. The number of fused-ring (bicyclic) bond motifs is 2. The van der Waals surface area contributed by atoms with Crippen molar-refractivity contribution < 1.29 is 9.50 Å². The Morgan fingerprint density at radius 2 is 2.12 bits per heavy atom. The molecule has 1 saturated carbocycles. The molecule has 1 aromatic heterocycles. The number of hydrogen-bond acceptors (Lipinski definition) is 2. The molecule has 0 spiro atoms. The summed E-state index contributed by atoms with van der Waals surface area (Å²) in [6.07, 6.45) is 8.85. The summed E-state index contributed by atoms with van der Waals surface area (Å²) in [6, 6.07) is 6.36. The second-order valence-corrected chi connectivity index (χ2v) is 7.15. The van der Waals surface area contributed by atoms with Gasteiger partial charge in [-0.1, -0.05) is 18.6 Å². The number of aliphatic hydroxyl groups is 1. The summed E-state index contributed by atoms with van der Waals surface area (Å²) in [5, 5.41) is 15.6. The molecule has 2 aromatic rings. The molecule has 2 atom stereocenters. The standard InChI is InChI=1S/C20H21FN2O/c1-3-9-20(24)10-8-15-11-18-14(12-19(15,20)2)13-22-23(18)17-6-4-16(21)5-7-17/h3-7,11,13,24H,1,8-10,12H2,2H3/t19-,20-/m0/s1. The molecule has 2 aliphatic rings. The first-order valence-electron chi connectivity index (χ1n) is 8.34. The largest absolute Gasteiger partial charge is 0.389 e. The van der Waals surface area contributed by atoms with Gasteiger partial charge in [-0.2, -0.15) is 5.10 Å². The van der Waals surface area contributed by atoms with E-state index < -0.39 is 5.60 Å². The van der Waals surface area contributed by atoms with Crippen molar-refractivity contribution in [2.45, 2.75) is 38.2 Å². The Labute approximate surface area is 141 Å². The van der Waals surface area contributed by atoms with Crippen LogP contribution in [0.3, 0.4) is 0 Å². The first kappa shape index (κ1) is 15.3. The molecular formula is C20H21FN2O. The summed E-state index contributed by atoms with van der Waals surface area (Å²) in [4.78, 5) is 0. The average molecular weight is 324 g/mol. The first-order chi connectivity index (χ1) is 11.5. The van der Waals surface area contributed by atoms with Gasteiger partial charge >= 0.3 is 0 Å². The van der Waals surface area contributed by atoms with Crippen molar-refractivity contribution in [1.29, 1.82) is 0 Å². The summed E-state index contributed by atoms with van der Waals surface area (Å²) in [6.45, 7) is 5.95. The molecule has 0 saturated heterocycles. The fourth-order valence-corrected chi connectivity index (χ4v) is 4.28. The quantitative estimate of drug-likeness (QED) is 0.865. The van der Waals surface area contributed by atoms with Gasteiger partial charge in [0.15, 0.2) is 0 Å². The second-order valence-electron chi connectivity index (χ2n) is 7.15. The number of hydrogen-bond donors (Lipinski definition) is 1. The zero-order valence-corrected chi connectivity index (χ0v) is 13.8. The van der Waals surface area contributed by atoms with Gasteiger partial charge in [-0.15, -0.1) is 6.58 Å². The summed E-state index contributed by atoms with van der Waals surface area (Å²) in [5.41, 5.74) is 3.26. The van der Waals surface area contributed by atoms with E-state index in [0.717, 1.165) is 36.2 Å². The van der Waals surface area contributed by atoms with Crippen LogP contribution in [0.2, 0.25) is 0 Å². The normalized spacial score (nSPS) is 28.2. The van der Waals surface area contributed by atoms with E-state index in [-0.39, 0.29) is 11.2 Å². The van der Waals surface area contributed by atoms with Crippen LogP contribution in [0.4, 0.5) is 4.39 Å². The van der Waals surface area contributed by atoms with Gasteiger partial charge in [-0.3, -0.25) is 0 Å². The van der Waals surface area contributed by atoms with Gasteiger partial charge in [-0.05, 0) is 61.6 Å². The molecule has 1 heterocycles. The third-order valence-corrected chi connectivity index (χ3v) is 5.84. The Bertz CT molecular complexity index is 836. The Balaban J connectivity index is 1.78. The molecule has 0 aliphatic heterocycles. The minimum atomic E-state index is -0.740. The van der Waals surface area contributed by atoms with Gasteiger partial charge in [0.25, 0.3) is 0 Å². The minimum absolute atomic E-state index is 0.254. The van der Waals surface area contributed by atoms with E-state index >= 15 is 0 Å². The van der Waals surface area contributed by atoms with Gasteiger partial charge in [0.05, 0.1) is 23.2 Å². The van der Waals surface area contributed by atoms with Gasteiger partial charge < -0.3 is 5.11 Å². The smallest absolute Gasteiger partial charge is 0.123 e. The van der Waals surface area contributed by atoms with Crippen LogP contribution in [-0.4, -0.2) is 20.5 Å². The van der Waals surface area contributed by atoms with Crippen molar-refractivity contribution in [2.75, 3.05) is 0 Å². The predicted molar refractivity (Wildman–Crippen MR) is 92.3 cm³/mol. The predicted octanol–water partition coefficient (Wildman–Crippen LogP) is 4.06. The maximum absolute atomic E-state index is 13.2. The van der Waals surface area contributed by atoms with Crippen LogP contribution < -0.4 is 0 Å². The Kier molecular flexibility index (Phi) is 3.29. The van der Waals surface area contributed by atoms with Crippen LogP contribution in [0, 0.1) is 11.2 Å². The van der Waals surface area contributed by atoms with E-state index in [1.807, 2.05) is 17.0 Å². The third-order valence-electron chi connectivity index (χ3n) is 5.84. The molecule has 2 aliphatic carbocycles. The first-order valence-corrected chi connectivity index (χ1v) is 8.34. The fourth-order valence-electron chi connectivity index (χ4n) is 4.28. The molecule has 3 nitrogen and oxygen atoms in total. The minimum Gasteiger partial charge on any atom is -0.389 e. The van der Waals surface area contributed by atoms with Crippen LogP contribution in [0.25, 0.3) is 11.8 Å². The number of rotatable bonds is 3. The van der Waals surface area contributed by atoms with Gasteiger partial charge in [0.1, 0.15) is 5.82 Å². The van der Waals surface area contributed by atoms with Crippen molar-refractivity contribution in [2.24, 2.45) is 5.41 Å². The zero-order valence-electron chi connectivity index (χ0n) is 13.8. The summed E-state index contributed by atoms with van der Waals surface area (Å²) in [7, 11) is 0. The van der Waals surface area contributed by atoms with Crippen LogP contribution >= 0.6 is 0 Å². The topological polar surface area (TPSA) is 38.1 Å². The number of nitrogens with zero attached hydrogens (tertiary/aromatic N) is 2. The van der Waals surface area contributed by atoms with Gasteiger partial charge in [0.2, 0.25) is 0 Å². The third kappa shape index (κ3) is 2.02. The highest BCUT2D eigenvalue weighted by Crippen LogP contribution is 2.56. The maximum atomic E-state index is 13.2. The summed E-state index contributed by atoms with van der Waals surface area (Å²) < 4.78 is 15.0. The fraction of sp³-hybridized carbons (Fsp3) is 0.350. The molecule has 4 heteroatoms. The molecule has 0 radical (unpaired) electrons. The molecule has 124 valence electrons. The van der Waals surface area contributed by atoms with Crippen molar-refractivity contribution in [3.63, 3.8) is 0 Å². The molecule has 4 rings (SSSR count). The van der Waals surface area contributed by atoms with E-state index in [1.165, 1.54) is 17.7 Å². The van der Waals surface area contributed by atoms with Crippen LogP contribution in [0.1, 0.15) is 37.4 Å². The van der Waals surface area contributed by atoms with Crippen molar-refractivity contribution in [3.8, 4) is 5.69 Å². The molecule has 1 N–H and O–H groups in total. The Hall–Kier alpha value is -2.20. The number of benzene rings is 1. The van der Waals surface area contributed by atoms with E-state index in [9.17, 15) is 9.50 Å². The highest BCUT2D eigenvalue weighted by Gasteiger charge is 2.54. The van der Waals surface area contributed by atoms with E-state index in [2.05, 4.69) is 24.7 Å². The lowest BCUT2D eigenvalue weighted by Gasteiger charge is -2.42. The molecule has 0 amide bonds. The van der Waals surface area contributed by atoms with Crippen LogP contribution in [-0.2, 0) is 6.42 Å². The number of halogens is 1. The van der Waals surface area contributed by atoms with Crippen molar-refractivity contribution >= 4 is 6.08 Å². The van der Waals surface area contributed by atoms with E-state index in [4.69, 9.17) is 0 Å². The van der Waals surface area contributed by atoms with Gasteiger partial charge in [0, 0.05) is 5.41 Å². The number of aromatic nitrogens is 2. The SMILES string of the molecule is C=CC[C@]1(O)CCC2=Cc3c(cnn3-c3ccc(F)cc3)C[C@@]21C. The summed E-state index contributed by atoms with van der Waals surface area (Å²) in [5.74, 6) is -0.254. The highest BCUT2D eigenvalue weighted by molar-refractivity contribution is 5.62. The van der Waals surface area contributed by atoms with Crippen molar-refractivity contribution in [3.05, 3.63) is 65.8 Å². The molecular weight excluding hydrogens is 303 g/mol. The zero-order chi connectivity index (χ0) is 16.9. The van der Waals surface area contributed by atoms with Crippen LogP contribution in [0.5, 0.6) is 0 Å². The summed E-state index contributed by atoms with van der Waals surface area (Å²) >= 11 is 0. The average Bonchev–Trinajstić information content (AvgIpc) is 3.06. The monoisotopic (exact) mass is 324 g/mol. The van der Waals surface area contributed by atoms with E-state index in [1.54, 1.807) is 12.1 Å². The molecule has 0 bridgehead atoms. The highest BCUT2D eigenvalue weighted by atomic mass is 19.1. The Morgan fingerprint density at radius 1 is 1.38 bits per heavy atom. The molecule has 0 unspecified atom stereocenters. The maximum Gasteiger partial charge on any atom is 0.123 e. The second kappa shape index (κ2) is 5.15. The van der Waals surface area contributed by atoms with E-state index in [0.29, 0.717) is 6.42 Å². The molecule has 24 heavy (non-hydrogen) atoms. The lowest BCUT2D eigenvalue weighted by Crippen LogP contribution is -2.44. The van der Waals surface area contributed by atoms with Crippen LogP contribution in [0.15, 0.2) is 48.7 Å². The lowest BCUT2D eigenvalue weighted by molar-refractivity contribution is -0.0366.